The van der Waals surface area contributed by atoms with E-state index in [9.17, 15) is 22.4 Å². The molecule has 0 amide bonds. The average molecular weight is 424 g/mol. The molecule has 0 aliphatic heterocycles. The number of nitrogens with zero attached hydrogens (tertiary/aromatic N) is 2. The summed E-state index contributed by atoms with van der Waals surface area (Å²) in [5.74, 6) is -4.93. The van der Waals surface area contributed by atoms with E-state index in [1.165, 1.54) is 25.3 Å². The van der Waals surface area contributed by atoms with Gasteiger partial charge in [0.15, 0.2) is 12.4 Å². The van der Waals surface area contributed by atoms with Crippen LogP contribution in [0.1, 0.15) is 43.7 Å². The summed E-state index contributed by atoms with van der Waals surface area (Å²) < 4.78 is 53.7. The van der Waals surface area contributed by atoms with Gasteiger partial charge in [0.2, 0.25) is 0 Å². The Kier molecular flexibility index (Phi) is 8.95. The van der Waals surface area contributed by atoms with Crippen LogP contribution in [0.15, 0.2) is 42.7 Å². The molecule has 0 saturated carbocycles. The summed E-state index contributed by atoms with van der Waals surface area (Å²) in [6.45, 7) is 0.502. The van der Waals surface area contributed by atoms with E-state index >= 15 is 0 Å². The summed E-state index contributed by atoms with van der Waals surface area (Å²) in [5.41, 5.74) is 2.47. The lowest BCUT2D eigenvalue weighted by Gasteiger charge is -2.14. The summed E-state index contributed by atoms with van der Waals surface area (Å²) in [6, 6.07) is 6.89. The van der Waals surface area contributed by atoms with Crippen molar-refractivity contribution < 1.29 is 27.1 Å². The number of carbonyl (C=O) groups is 1. The zero-order chi connectivity index (χ0) is 22.0. The van der Waals surface area contributed by atoms with Crippen molar-refractivity contribution in [1.82, 2.24) is 9.97 Å². The van der Waals surface area contributed by atoms with Crippen molar-refractivity contribution in [2.75, 3.05) is 6.61 Å². The second-order valence-electron chi connectivity index (χ2n) is 6.85. The van der Waals surface area contributed by atoms with Crippen molar-refractivity contribution in [3.63, 3.8) is 0 Å². The molecule has 0 atom stereocenters. The minimum Gasteiger partial charge on any atom is -0.456 e. The molecule has 0 aliphatic carbocycles. The van der Waals surface area contributed by atoms with Crippen LogP contribution in [0.25, 0.3) is 17.5 Å². The summed E-state index contributed by atoms with van der Waals surface area (Å²) in [4.78, 5) is 20.2. The fraction of sp³-hybridized carbons (Fsp3) is 0.409. The molecule has 0 fully saturated rings. The maximum atomic E-state index is 12.7. The van der Waals surface area contributed by atoms with Gasteiger partial charge in [0, 0.05) is 24.0 Å². The van der Waals surface area contributed by atoms with E-state index in [-0.39, 0.29) is 0 Å². The lowest BCUT2D eigenvalue weighted by Crippen LogP contribution is -2.33. The molecule has 2 aromatic rings. The third-order valence-electron chi connectivity index (χ3n) is 4.33. The third-order valence-corrected chi connectivity index (χ3v) is 4.33. The Labute approximate surface area is 173 Å². The van der Waals surface area contributed by atoms with Gasteiger partial charge in [-0.3, -0.25) is 0 Å². The smallest absolute Gasteiger partial charge is 0.340 e. The number of aryl methyl sites for hydroxylation is 1. The van der Waals surface area contributed by atoms with Crippen molar-refractivity contribution in [2.24, 2.45) is 0 Å². The Morgan fingerprint density at radius 1 is 1.10 bits per heavy atom. The van der Waals surface area contributed by atoms with E-state index < -0.39 is 24.9 Å². The molecule has 1 aromatic carbocycles. The van der Waals surface area contributed by atoms with Crippen molar-refractivity contribution in [3.8, 4) is 11.4 Å². The predicted octanol–water partition coefficient (Wildman–Crippen LogP) is 5.72. The molecule has 8 heteroatoms. The number of carbonyl (C=O) groups excluding carboxylic acids is 1. The molecular formula is C22H24F4N2O2. The fourth-order valence-corrected chi connectivity index (χ4v) is 2.57. The molecule has 30 heavy (non-hydrogen) atoms. The SMILES string of the molecule is CCCCCCc1cnc(-c2ccc(C=CC(=O)OCC(F)(F)C(F)F)cc2)nc1. The van der Waals surface area contributed by atoms with Crippen LogP contribution in [-0.2, 0) is 16.0 Å². The molecule has 0 saturated heterocycles. The Balaban J connectivity index is 1.88. The lowest BCUT2D eigenvalue weighted by molar-refractivity contribution is -0.175. The number of benzene rings is 1. The summed E-state index contributed by atoms with van der Waals surface area (Å²) in [5, 5.41) is 0. The first-order chi connectivity index (χ1) is 14.3. The van der Waals surface area contributed by atoms with Crippen LogP contribution in [-0.4, -0.2) is 34.9 Å². The number of halogens is 4. The number of ether oxygens (including phenoxy) is 1. The van der Waals surface area contributed by atoms with E-state index in [1.54, 1.807) is 24.3 Å². The normalized spacial score (nSPS) is 11.9. The summed E-state index contributed by atoms with van der Waals surface area (Å²) in [6.07, 6.45) is 7.64. The Hall–Kier alpha value is -2.77. The fourth-order valence-electron chi connectivity index (χ4n) is 2.57. The Bertz CT molecular complexity index is 822. The van der Waals surface area contributed by atoms with Gasteiger partial charge in [0.1, 0.15) is 0 Å². The molecule has 0 spiro atoms. The van der Waals surface area contributed by atoms with Gasteiger partial charge in [-0.15, -0.1) is 0 Å². The molecule has 2 rings (SSSR count). The van der Waals surface area contributed by atoms with Gasteiger partial charge in [-0.2, -0.15) is 8.78 Å². The van der Waals surface area contributed by atoms with E-state index in [0.29, 0.717) is 11.4 Å². The molecular weight excluding hydrogens is 400 g/mol. The van der Waals surface area contributed by atoms with Crippen LogP contribution in [0.3, 0.4) is 0 Å². The van der Waals surface area contributed by atoms with Crippen molar-refractivity contribution in [2.45, 2.75) is 51.4 Å². The number of rotatable bonds is 11. The number of hydrogen-bond acceptors (Lipinski definition) is 4. The highest BCUT2D eigenvalue weighted by molar-refractivity contribution is 5.87. The van der Waals surface area contributed by atoms with Gasteiger partial charge < -0.3 is 4.74 Å². The number of alkyl halides is 4. The zero-order valence-electron chi connectivity index (χ0n) is 16.7. The largest absolute Gasteiger partial charge is 0.456 e. The quantitative estimate of drug-likeness (QED) is 0.200. The van der Waals surface area contributed by atoms with Crippen LogP contribution >= 0.6 is 0 Å². The summed E-state index contributed by atoms with van der Waals surface area (Å²) in [7, 11) is 0. The van der Waals surface area contributed by atoms with Gasteiger partial charge in [-0.05, 0) is 30.0 Å². The Morgan fingerprint density at radius 3 is 2.37 bits per heavy atom. The molecule has 4 nitrogen and oxygen atoms in total. The van der Waals surface area contributed by atoms with E-state index in [4.69, 9.17) is 0 Å². The van der Waals surface area contributed by atoms with Gasteiger partial charge in [0.05, 0.1) is 0 Å². The van der Waals surface area contributed by atoms with E-state index in [2.05, 4.69) is 21.6 Å². The van der Waals surface area contributed by atoms with Gasteiger partial charge in [-0.1, -0.05) is 50.5 Å². The molecule has 1 heterocycles. The minimum absolute atomic E-state index is 0.566. The Morgan fingerprint density at radius 2 is 1.77 bits per heavy atom. The average Bonchev–Trinajstić information content (AvgIpc) is 2.74. The maximum Gasteiger partial charge on any atom is 0.340 e. The van der Waals surface area contributed by atoms with E-state index in [0.717, 1.165) is 30.0 Å². The predicted molar refractivity (Wildman–Crippen MR) is 106 cm³/mol. The molecule has 0 unspecified atom stereocenters. The molecule has 1 aromatic heterocycles. The second-order valence-corrected chi connectivity index (χ2v) is 6.85. The molecule has 0 aliphatic rings. The monoisotopic (exact) mass is 424 g/mol. The molecule has 0 N–H and O–H groups in total. The van der Waals surface area contributed by atoms with Crippen LogP contribution in [0.5, 0.6) is 0 Å². The highest BCUT2D eigenvalue weighted by Crippen LogP contribution is 2.23. The van der Waals surface area contributed by atoms with Gasteiger partial charge >= 0.3 is 18.3 Å². The highest BCUT2D eigenvalue weighted by atomic mass is 19.3. The van der Waals surface area contributed by atoms with Crippen molar-refractivity contribution >= 4 is 12.0 Å². The second kappa shape index (κ2) is 11.4. The number of esters is 1. The first-order valence-electron chi connectivity index (χ1n) is 9.74. The van der Waals surface area contributed by atoms with Crippen molar-refractivity contribution in [3.05, 3.63) is 53.9 Å². The van der Waals surface area contributed by atoms with Crippen LogP contribution in [0.2, 0.25) is 0 Å². The number of hydrogen-bond donors (Lipinski definition) is 0. The van der Waals surface area contributed by atoms with Crippen LogP contribution in [0.4, 0.5) is 17.6 Å². The third kappa shape index (κ3) is 7.57. The van der Waals surface area contributed by atoms with Gasteiger partial charge in [-0.25, -0.2) is 23.5 Å². The minimum atomic E-state index is -4.36. The van der Waals surface area contributed by atoms with Crippen LogP contribution < -0.4 is 0 Å². The van der Waals surface area contributed by atoms with Gasteiger partial charge in [0.25, 0.3) is 0 Å². The number of unbranched alkanes of at least 4 members (excludes halogenated alkanes) is 3. The molecule has 0 bridgehead atoms. The first kappa shape index (κ1) is 23.5. The topological polar surface area (TPSA) is 52.1 Å². The highest BCUT2D eigenvalue weighted by Gasteiger charge is 2.42. The van der Waals surface area contributed by atoms with Crippen LogP contribution in [0, 0.1) is 0 Å². The number of aromatic nitrogens is 2. The van der Waals surface area contributed by atoms with Crippen molar-refractivity contribution in [1.29, 1.82) is 0 Å². The first-order valence-corrected chi connectivity index (χ1v) is 9.74. The molecule has 0 radical (unpaired) electrons. The standard InChI is InChI=1S/C22H24F4N2O2/c1-2-3-4-5-6-17-13-27-20(28-14-17)18-10-7-16(8-11-18)9-12-19(29)30-15-22(25,26)21(23)24/h7-14,21H,2-6,15H2,1H3. The zero-order valence-corrected chi connectivity index (χ0v) is 16.7. The maximum absolute atomic E-state index is 12.7. The van der Waals surface area contributed by atoms with E-state index in [1.807, 2.05) is 12.4 Å². The lowest BCUT2D eigenvalue weighted by atomic mass is 10.1. The summed E-state index contributed by atoms with van der Waals surface area (Å²) >= 11 is 0. The molecule has 162 valence electrons.